The summed E-state index contributed by atoms with van der Waals surface area (Å²) in [5, 5.41) is 8.56. The predicted molar refractivity (Wildman–Crippen MR) is 47.6 cm³/mol. The second-order valence-corrected chi connectivity index (χ2v) is 2.88. The van der Waals surface area contributed by atoms with Gasteiger partial charge in [0.2, 0.25) is 0 Å². The van der Waals surface area contributed by atoms with Gasteiger partial charge in [-0.25, -0.2) is 4.79 Å². The lowest BCUT2D eigenvalue weighted by Crippen LogP contribution is -2.28. The van der Waals surface area contributed by atoms with Crippen molar-refractivity contribution in [2.45, 2.75) is 13.8 Å². The summed E-state index contributed by atoms with van der Waals surface area (Å²) in [6.45, 7) is 5.44. The van der Waals surface area contributed by atoms with Crippen molar-refractivity contribution < 1.29 is 24.2 Å². The van der Waals surface area contributed by atoms with Crippen molar-refractivity contribution in [2.24, 2.45) is 5.92 Å². The Kier molecular flexibility index (Phi) is 4.55. The highest BCUT2D eigenvalue weighted by Crippen LogP contribution is 2.02. The van der Waals surface area contributed by atoms with E-state index >= 15 is 0 Å². The molecular formula is C9H12O5. The fourth-order valence-corrected chi connectivity index (χ4v) is 0.645. The van der Waals surface area contributed by atoms with E-state index in [0.717, 1.165) is 6.92 Å². The largest absolute Gasteiger partial charge is 0.481 e. The lowest BCUT2D eigenvalue weighted by atomic mass is 10.1. The molecule has 0 saturated carbocycles. The van der Waals surface area contributed by atoms with Crippen molar-refractivity contribution in [3.8, 4) is 0 Å². The molecule has 0 heterocycles. The van der Waals surface area contributed by atoms with Crippen LogP contribution >= 0.6 is 0 Å². The van der Waals surface area contributed by atoms with Gasteiger partial charge in [0.1, 0.15) is 18.3 Å². The van der Waals surface area contributed by atoms with Crippen LogP contribution in [0.1, 0.15) is 13.8 Å². The first-order valence-corrected chi connectivity index (χ1v) is 3.92. The molecule has 5 heteroatoms. The SMILES string of the molecule is C=C(C)C(=O)OCC(C(C)=O)C(=O)O. The average Bonchev–Trinajstić information content (AvgIpc) is 2.02. The number of carbonyl (C=O) groups excluding carboxylic acids is 2. The van der Waals surface area contributed by atoms with E-state index in [1.807, 2.05) is 0 Å². The lowest BCUT2D eigenvalue weighted by Gasteiger charge is -2.09. The van der Waals surface area contributed by atoms with E-state index in [-0.39, 0.29) is 5.57 Å². The topological polar surface area (TPSA) is 80.7 Å². The van der Waals surface area contributed by atoms with Crippen LogP contribution < -0.4 is 0 Å². The van der Waals surface area contributed by atoms with Crippen LogP contribution in [0.5, 0.6) is 0 Å². The maximum absolute atomic E-state index is 10.9. The molecule has 0 bridgehead atoms. The molecule has 0 fully saturated rings. The Morgan fingerprint density at radius 2 is 1.86 bits per heavy atom. The van der Waals surface area contributed by atoms with Gasteiger partial charge in [-0.3, -0.25) is 9.59 Å². The molecule has 0 aliphatic carbocycles. The Balaban J connectivity index is 4.21. The van der Waals surface area contributed by atoms with E-state index in [1.165, 1.54) is 6.92 Å². The smallest absolute Gasteiger partial charge is 0.333 e. The third-order valence-electron chi connectivity index (χ3n) is 1.52. The van der Waals surface area contributed by atoms with Crippen LogP contribution in [0.15, 0.2) is 12.2 Å². The van der Waals surface area contributed by atoms with Crippen LogP contribution in [0.3, 0.4) is 0 Å². The first-order valence-electron chi connectivity index (χ1n) is 3.92. The molecule has 0 aromatic carbocycles. The number of carboxylic acids is 1. The van der Waals surface area contributed by atoms with E-state index in [1.54, 1.807) is 0 Å². The zero-order chi connectivity index (χ0) is 11.3. The Morgan fingerprint density at radius 3 is 2.14 bits per heavy atom. The third-order valence-corrected chi connectivity index (χ3v) is 1.52. The number of ether oxygens (including phenoxy) is 1. The Hall–Kier alpha value is -1.65. The van der Waals surface area contributed by atoms with Crippen molar-refractivity contribution in [1.82, 2.24) is 0 Å². The number of aliphatic carboxylic acids is 1. The highest BCUT2D eigenvalue weighted by Gasteiger charge is 2.24. The van der Waals surface area contributed by atoms with Crippen LogP contribution in [-0.4, -0.2) is 29.4 Å². The van der Waals surface area contributed by atoms with Gasteiger partial charge in [-0.1, -0.05) is 6.58 Å². The summed E-state index contributed by atoms with van der Waals surface area (Å²) >= 11 is 0. The minimum atomic E-state index is -1.30. The molecule has 78 valence electrons. The molecule has 1 atom stereocenters. The molecular weight excluding hydrogens is 188 g/mol. The number of carbonyl (C=O) groups is 3. The number of esters is 1. The number of ketones is 1. The summed E-state index contributed by atoms with van der Waals surface area (Å²) in [5.41, 5.74) is 0.165. The average molecular weight is 200 g/mol. The van der Waals surface area contributed by atoms with Gasteiger partial charge in [0, 0.05) is 5.57 Å². The molecule has 1 unspecified atom stereocenters. The van der Waals surface area contributed by atoms with Gasteiger partial charge >= 0.3 is 11.9 Å². The predicted octanol–water partition coefficient (Wildman–Crippen LogP) is 0.395. The van der Waals surface area contributed by atoms with E-state index in [9.17, 15) is 14.4 Å². The minimum Gasteiger partial charge on any atom is -0.481 e. The molecule has 5 nitrogen and oxygen atoms in total. The van der Waals surface area contributed by atoms with Crippen molar-refractivity contribution in [1.29, 1.82) is 0 Å². The quantitative estimate of drug-likeness (QED) is 0.394. The van der Waals surface area contributed by atoms with Gasteiger partial charge in [-0.15, -0.1) is 0 Å². The normalized spacial score (nSPS) is 11.6. The number of carboxylic acid groups (broad SMARTS) is 1. The minimum absolute atomic E-state index is 0.165. The lowest BCUT2D eigenvalue weighted by molar-refractivity contribution is -0.151. The molecule has 0 radical (unpaired) electrons. The summed E-state index contributed by atoms with van der Waals surface area (Å²) in [6.07, 6.45) is 0. The standard InChI is InChI=1S/C9H12O5/c1-5(2)9(13)14-4-7(6(3)10)8(11)12/h7H,1,4H2,2-3H3,(H,11,12). The van der Waals surface area contributed by atoms with Crippen LogP contribution in [0.25, 0.3) is 0 Å². The molecule has 0 aromatic rings. The van der Waals surface area contributed by atoms with Gasteiger partial charge in [0.15, 0.2) is 0 Å². The molecule has 0 aromatic heterocycles. The van der Waals surface area contributed by atoms with Gasteiger partial charge < -0.3 is 9.84 Å². The molecule has 0 amide bonds. The molecule has 14 heavy (non-hydrogen) atoms. The van der Waals surface area contributed by atoms with Crippen molar-refractivity contribution in [3.63, 3.8) is 0 Å². The Bertz CT molecular complexity index is 265. The fraction of sp³-hybridized carbons (Fsp3) is 0.444. The molecule has 1 N–H and O–H groups in total. The number of rotatable bonds is 5. The van der Waals surface area contributed by atoms with E-state index in [0.29, 0.717) is 0 Å². The molecule has 0 saturated heterocycles. The Morgan fingerprint density at radius 1 is 1.36 bits per heavy atom. The third kappa shape index (κ3) is 3.84. The maximum Gasteiger partial charge on any atom is 0.333 e. The summed E-state index contributed by atoms with van der Waals surface area (Å²) in [5.74, 6) is -3.84. The van der Waals surface area contributed by atoms with Gasteiger partial charge in [0.05, 0.1) is 0 Å². The van der Waals surface area contributed by atoms with E-state index in [2.05, 4.69) is 11.3 Å². The van der Waals surface area contributed by atoms with Crippen molar-refractivity contribution >= 4 is 17.7 Å². The highest BCUT2D eigenvalue weighted by molar-refractivity contribution is 5.97. The van der Waals surface area contributed by atoms with Crippen LogP contribution in [0.2, 0.25) is 0 Å². The summed E-state index contributed by atoms with van der Waals surface area (Å²) in [7, 11) is 0. The molecule has 0 aliphatic rings. The second-order valence-electron chi connectivity index (χ2n) is 2.88. The molecule has 0 rings (SSSR count). The van der Waals surface area contributed by atoms with Crippen LogP contribution in [0, 0.1) is 5.92 Å². The summed E-state index contributed by atoms with van der Waals surface area (Å²) in [4.78, 5) is 32.1. The first kappa shape index (κ1) is 12.3. The monoisotopic (exact) mass is 200 g/mol. The zero-order valence-electron chi connectivity index (χ0n) is 8.07. The molecule has 0 spiro atoms. The summed E-state index contributed by atoms with van der Waals surface area (Å²) in [6, 6.07) is 0. The van der Waals surface area contributed by atoms with Gasteiger partial charge in [-0.2, -0.15) is 0 Å². The van der Waals surface area contributed by atoms with Crippen molar-refractivity contribution in [3.05, 3.63) is 12.2 Å². The van der Waals surface area contributed by atoms with E-state index < -0.39 is 30.2 Å². The summed E-state index contributed by atoms with van der Waals surface area (Å²) < 4.78 is 4.55. The van der Waals surface area contributed by atoms with Crippen LogP contribution in [-0.2, 0) is 19.1 Å². The second kappa shape index (κ2) is 5.16. The zero-order valence-corrected chi connectivity index (χ0v) is 8.07. The molecule has 0 aliphatic heterocycles. The first-order chi connectivity index (χ1) is 6.36. The van der Waals surface area contributed by atoms with Gasteiger partial charge in [-0.05, 0) is 13.8 Å². The number of hydrogen-bond acceptors (Lipinski definition) is 4. The fourth-order valence-electron chi connectivity index (χ4n) is 0.645. The Labute approximate surface area is 81.4 Å². The van der Waals surface area contributed by atoms with Gasteiger partial charge in [0.25, 0.3) is 0 Å². The van der Waals surface area contributed by atoms with E-state index in [4.69, 9.17) is 5.11 Å². The highest BCUT2D eigenvalue weighted by atomic mass is 16.5. The number of hydrogen-bond donors (Lipinski definition) is 1. The number of Topliss-reactive ketones (excluding diaryl/α,β-unsaturated/α-hetero) is 1. The van der Waals surface area contributed by atoms with Crippen molar-refractivity contribution in [2.75, 3.05) is 6.61 Å². The maximum atomic E-state index is 10.9. The van der Waals surface area contributed by atoms with Crippen LogP contribution in [0.4, 0.5) is 0 Å².